The third kappa shape index (κ3) is 4.62. The highest BCUT2D eigenvalue weighted by atomic mass is 79.9. The molecule has 0 spiro atoms. The maximum absolute atomic E-state index is 3.50. The Morgan fingerprint density at radius 3 is 0.844 bits per heavy atom. The minimum Gasteiger partial charge on any atom is -0.0610 e. The van der Waals surface area contributed by atoms with E-state index >= 15 is 0 Å². The van der Waals surface area contributed by atoms with Crippen molar-refractivity contribution in [2.45, 2.75) is 0 Å². The Bertz CT molecular complexity index is 1230. The van der Waals surface area contributed by atoms with Gasteiger partial charge in [-0.3, -0.25) is 0 Å². The molecular weight excluding hydrogens is 520 g/mol. The number of rotatable bonds is 4. The van der Waals surface area contributed by atoms with E-state index in [2.05, 4.69) is 153 Å². The second kappa shape index (κ2) is 9.28. The highest BCUT2D eigenvalue weighted by molar-refractivity contribution is 9.10. The Morgan fingerprint density at radius 2 is 0.531 bits per heavy atom. The summed E-state index contributed by atoms with van der Waals surface area (Å²) in [5.41, 5.74) is 9.78. The van der Waals surface area contributed by atoms with Crippen molar-refractivity contribution in [3.05, 3.63) is 130 Å². The lowest BCUT2D eigenvalue weighted by molar-refractivity contribution is 1.56. The van der Waals surface area contributed by atoms with E-state index in [0.29, 0.717) is 0 Å². The third-order valence-corrected chi connectivity index (χ3v) is 6.71. The van der Waals surface area contributed by atoms with Crippen LogP contribution in [0.3, 0.4) is 0 Å². The van der Waals surface area contributed by atoms with Gasteiger partial charge >= 0.3 is 0 Å². The molecule has 0 radical (unpaired) electrons. The highest BCUT2D eigenvalue weighted by Gasteiger charge is 2.05. The molecule has 0 amide bonds. The quantitative estimate of drug-likeness (QED) is 0.213. The van der Waals surface area contributed by atoms with Crippen LogP contribution in [-0.2, 0) is 0 Å². The van der Waals surface area contributed by atoms with Crippen molar-refractivity contribution < 1.29 is 0 Å². The molecule has 5 aromatic carbocycles. The molecule has 0 bridgehead atoms. The normalized spacial score (nSPS) is 10.8. The summed E-state index contributed by atoms with van der Waals surface area (Å²) < 4.78 is 2.19. The number of benzene rings is 5. The fourth-order valence-corrected chi connectivity index (χ4v) is 4.40. The van der Waals surface area contributed by atoms with Gasteiger partial charge in [0.25, 0.3) is 0 Å². The van der Waals surface area contributed by atoms with Crippen molar-refractivity contribution in [2.75, 3.05) is 0 Å². The molecule has 0 N–H and O–H groups in total. The van der Waals surface area contributed by atoms with Gasteiger partial charge in [0.1, 0.15) is 0 Å². The van der Waals surface area contributed by atoms with E-state index in [9.17, 15) is 0 Å². The van der Waals surface area contributed by atoms with E-state index in [1.165, 1.54) is 44.5 Å². The summed E-state index contributed by atoms with van der Waals surface area (Å²) in [6.45, 7) is 0. The molecule has 0 unspecified atom stereocenters. The van der Waals surface area contributed by atoms with Crippen molar-refractivity contribution in [3.8, 4) is 44.5 Å². The summed E-state index contributed by atoms with van der Waals surface area (Å²) in [5, 5.41) is 0. The first kappa shape index (κ1) is 20.9. The minimum atomic E-state index is 1.10. The van der Waals surface area contributed by atoms with Crippen molar-refractivity contribution in [2.24, 2.45) is 0 Å². The second-order valence-electron chi connectivity index (χ2n) is 7.75. The van der Waals surface area contributed by atoms with Gasteiger partial charge in [-0.15, -0.1) is 0 Å². The Balaban J connectivity index is 1.39. The summed E-state index contributed by atoms with van der Waals surface area (Å²) in [4.78, 5) is 0. The zero-order chi connectivity index (χ0) is 21.9. The van der Waals surface area contributed by atoms with Crippen LogP contribution in [0.15, 0.2) is 130 Å². The molecule has 32 heavy (non-hydrogen) atoms. The molecule has 0 saturated carbocycles. The Hall–Kier alpha value is -2.94. The van der Waals surface area contributed by atoms with Crippen LogP contribution in [-0.4, -0.2) is 0 Å². The van der Waals surface area contributed by atoms with E-state index in [0.717, 1.165) is 8.95 Å². The molecule has 0 heterocycles. The number of hydrogen-bond acceptors (Lipinski definition) is 0. The van der Waals surface area contributed by atoms with Gasteiger partial charge < -0.3 is 0 Å². The third-order valence-electron chi connectivity index (χ3n) is 5.65. The van der Waals surface area contributed by atoms with Gasteiger partial charge in [0.15, 0.2) is 0 Å². The van der Waals surface area contributed by atoms with Gasteiger partial charge in [0.05, 0.1) is 0 Å². The average molecular weight is 540 g/mol. The molecule has 0 aliphatic rings. The fourth-order valence-electron chi connectivity index (χ4n) is 3.87. The first-order valence-electron chi connectivity index (χ1n) is 10.5. The summed E-state index contributed by atoms with van der Waals surface area (Å²) in [7, 11) is 0. The zero-order valence-electron chi connectivity index (χ0n) is 17.3. The van der Waals surface area contributed by atoms with E-state index in [1.807, 2.05) is 0 Å². The van der Waals surface area contributed by atoms with Crippen LogP contribution in [0.4, 0.5) is 0 Å². The monoisotopic (exact) mass is 538 g/mol. The number of halogens is 2. The van der Waals surface area contributed by atoms with E-state index in [-0.39, 0.29) is 0 Å². The van der Waals surface area contributed by atoms with Crippen LogP contribution >= 0.6 is 31.9 Å². The van der Waals surface area contributed by atoms with Gasteiger partial charge in [0.2, 0.25) is 0 Å². The Labute approximate surface area is 205 Å². The highest BCUT2D eigenvalue weighted by Crippen LogP contribution is 2.30. The Morgan fingerprint density at radius 1 is 0.281 bits per heavy atom. The molecule has 5 rings (SSSR count). The standard InChI is InChI=1S/C30H20Br2/c31-29-16-12-23(13-17-29)21-4-8-25(9-5-21)27-2-1-3-28(20-27)26-10-6-22(7-11-26)24-14-18-30(32)19-15-24/h1-20H. The van der Waals surface area contributed by atoms with Crippen molar-refractivity contribution in [1.82, 2.24) is 0 Å². The molecule has 0 aromatic heterocycles. The second-order valence-corrected chi connectivity index (χ2v) is 9.58. The maximum atomic E-state index is 3.50. The van der Waals surface area contributed by atoms with Crippen LogP contribution < -0.4 is 0 Å². The largest absolute Gasteiger partial charge is 0.0610 e. The molecule has 0 aliphatic carbocycles. The van der Waals surface area contributed by atoms with Gasteiger partial charge in [-0.2, -0.15) is 0 Å². The van der Waals surface area contributed by atoms with Gasteiger partial charge in [-0.25, -0.2) is 0 Å². The minimum absolute atomic E-state index is 1.10. The first-order chi connectivity index (χ1) is 15.7. The van der Waals surface area contributed by atoms with Crippen LogP contribution in [0.1, 0.15) is 0 Å². The summed E-state index contributed by atoms with van der Waals surface area (Å²) in [6.07, 6.45) is 0. The van der Waals surface area contributed by atoms with Gasteiger partial charge in [-0.1, -0.05) is 123 Å². The predicted molar refractivity (Wildman–Crippen MR) is 144 cm³/mol. The molecule has 0 fully saturated rings. The van der Waals surface area contributed by atoms with Crippen LogP contribution in [0, 0.1) is 0 Å². The SMILES string of the molecule is Brc1ccc(-c2ccc(-c3cccc(-c4ccc(-c5ccc(Br)cc5)cc4)c3)cc2)cc1. The summed E-state index contributed by atoms with van der Waals surface area (Å²) in [6, 6.07) is 43.2. The molecule has 5 aromatic rings. The smallest absolute Gasteiger partial charge is 0.0175 e. The van der Waals surface area contributed by atoms with Gasteiger partial charge in [0, 0.05) is 8.95 Å². The number of hydrogen-bond donors (Lipinski definition) is 0. The molecule has 0 nitrogen and oxygen atoms in total. The zero-order valence-corrected chi connectivity index (χ0v) is 20.5. The van der Waals surface area contributed by atoms with E-state index in [1.54, 1.807) is 0 Å². The average Bonchev–Trinajstić information content (AvgIpc) is 2.85. The van der Waals surface area contributed by atoms with Crippen molar-refractivity contribution in [1.29, 1.82) is 0 Å². The lowest BCUT2D eigenvalue weighted by Crippen LogP contribution is -1.84. The Kier molecular flexibility index (Phi) is 6.07. The topological polar surface area (TPSA) is 0 Å². The molecule has 0 atom stereocenters. The molecule has 0 aliphatic heterocycles. The summed E-state index contributed by atoms with van der Waals surface area (Å²) in [5.74, 6) is 0. The summed E-state index contributed by atoms with van der Waals surface area (Å²) >= 11 is 7.01. The first-order valence-corrected chi connectivity index (χ1v) is 12.1. The molecule has 2 heteroatoms. The van der Waals surface area contributed by atoms with Crippen molar-refractivity contribution in [3.63, 3.8) is 0 Å². The predicted octanol–water partition coefficient (Wildman–Crippen LogP) is 9.88. The lowest BCUT2D eigenvalue weighted by Gasteiger charge is -2.09. The van der Waals surface area contributed by atoms with Crippen LogP contribution in [0.5, 0.6) is 0 Å². The van der Waals surface area contributed by atoms with Gasteiger partial charge in [-0.05, 0) is 74.8 Å². The van der Waals surface area contributed by atoms with Crippen LogP contribution in [0.2, 0.25) is 0 Å². The maximum Gasteiger partial charge on any atom is 0.0175 e. The van der Waals surface area contributed by atoms with Crippen molar-refractivity contribution >= 4 is 31.9 Å². The molecule has 0 saturated heterocycles. The fraction of sp³-hybridized carbons (Fsp3) is 0. The van der Waals surface area contributed by atoms with E-state index in [4.69, 9.17) is 0 Å². The van der Waals surface area contributed by atoms with Crippen LogP contribution in [0.25, 0.3) is 44.5 Å². The molecular formula is C30H20Br2. The van der Waals surface area contributed by atoms with E-state index < -0.39 is 0 Å². The molecule has 154 valence electrons. The lowest BCUT2D eigenvalue weighted by atomic mass is 9.96.